The molecule has 10 rings (SSSR count). The van der Waals surface area contributed by atoms with Gasteiger partial charge in [0.1, 0.15) is 23.7 Å². The van der Waals surface area contributed by atoms with Crippen molar-refractivity contribution < 1.29 is 40.8 Å². The first-order valence-electron chi connectivity index (χ1n) is 21.0. The van der Waals surface area contributed by atoms with Crippen LogP contribution in [0.5, 0.6) is 0 Å². The van der Waals surface area contributed by atoms with Gasteiger partial charge in [0, 0.05) is 97.8 Å². The molecule has 1 unspecified atom stereocenters. The third-order valence-electron chi connectivity index (χ3n) is 13.2. The number of nitrogens with zero attached hydrogens (tertiary/aromatic N) is 5. The number of halogens is 3. The molecule has 326 valence electrons. The third kappa shape index (κ3) is 7.52. The molecule has 0 saturated carbocycles. The topological polar surface area (TPSA) is 168 Å². The van der Waals surface area contributed by atoms with Crippen molar-refractivity contribution in [3.63, 3.8) is 0 Å². The second-order valence-corrected chi connectivity index (χ2v) is 19.0. The summed E-state index contributed by atoms with van der Waals surface area (Å²) in [7, 11) is -4.35. The van der Waals surface area contributed by atoms with Crippen LogP contribution in [0.15, 0.2) is 73.1 Å². The van der Waals surface area contributed by atoms with E-state index < -0.39 is 57.0 Å². The molecule has 18 heteroatoms. The Morgan fingerprint density at radius 2 is 1.76 bits per heavy atom. The number of nitrogens with one attached hydrogen (secondary N) is 3. The first-order valence-corrected chi connectivity index (χ1v) is 22.4. The molecule has 63 heavy (non-hydrogen) atoms. The number of imide groups is 1. The number of pyridine rings is 1. The number of amides is 3. The lowest BCUT2D eigenvalue weighted by Gasteiger charge is -2.49. The average Bonchev–Trinajstić information content (AvgIpc) is 4.06. The molecule has 5 aliphatic heterocycles. The second kappa shape index (κ2) is 15.6. The zero-order valence-corrected chi connectivity index (χ0v) is 34.8. The molecule has 3 aromatic carbocycles. The van der Waals surface area contributed by atoms with Crippen LogP contribution in [0.4, 0.5) is 24.5 Å². The fourth-order valence-corrected chi connectivity index (χ4v) is 11.0. The molecular weight excluding hydrogens is 838 g/mol. The lowest BCUT2D eigenvalue weighted by Crippen LogP contribution is -2.57. The SMILES string of the molecule is O=C1CCC(N2Cc3cc(N4CC5(CCN(CCc6ccc(-c7cnc8[nH]cc(C(=O)c9c(F)ccc(NS(=O)(=O)N%10CC[C@@H](F)C%10)c9F)c8c7)cc6)C5)C4)ccc3C2=O)C(=O)N1. The van der Waals surface area contributed by atoms with Crippen LogP contribution in [0, 0.1) is 17.0 Å². The second-order valence-electron chi connectivity index (χ2n) is 17.4. The molecule has 2 aromatic heterocycles. The number of benzene rings is 3. The summed E-state index contributed by atoms with van der Waals surface area (Å²) < 4.78 is 73.0. The third-order valence-corrected chi connectivity index (χ3v) is 14.7. The molecule has 5 aliphatic rings. The number of anilines is 2. The number of ketones is 1. The van der Waals surface area contributed by atoms with E-state index in [2.05, 4.69) is 31.2 Å². The highest BCUT2D eigenvalue weighted by Gasteiger charge is 2.48. The fourth-order valence-electron chi connectivity index (χ4n) is 9.76. The van der Waals surface area contributed by atoms with Crippen LogP contribution >= 0.6 is 0 Å². The van der Waals surface area contributed by atoms with E-state index in [9.17, 15) is 32.0 Å². The largest absolute Gasteiger partial charge is 0.370 e. The maximum Gasteiger partial charge on any atom is 0.301 e. The summed E-state index contributed by atoms with van der Waals surface area (Å²) in [5.74, 6) is -4.45. The number of likely N-dealkylation sites (tertiary alicyclic amines) is 1. The van der Waals surface area contributed by atoms with Crippen LogP contribution in [0.1, 0.15) is 63.1 Å². The van der Waals surface area contributed by atoms with E-state index >= 15 is 8.78 Å². The van der Waals surface area contributed by atoms with Crippen LogP contribution in [-0.4, -0.2) is 114 Å². The number of rotatable bonds is 11. The summed E-state index contributed by atoms with van der Waals surface area (Å²) in [6.07, 6.45) is 4.10. The number of aromatic nitrogens is 2. The van der Waals surface area contributed by atoms with E-state index in [-0.39, 0.29) is 48.7 Å². The van der Waals surface area contributed by atoms with Crippen LogP contribution in [-0.2, 0) is 32.8 Å². The van der Waals surface area contributed by atoms with E-state index in [1.807, 2.05) is 41.1 Å². The normalized spacial score (nSPS) is 21.3. The minimum absolute atomic E-state index is 0.00245. The number of hydrogen-bond acceptors (Lipinski definition) is 9. The van der Waals surface area contributed by atoms with E-state index in [4.69, 9.17) is 0 Å². The predicted molar refractivity (Wildman–Crippen MR) is 227 cm³/mol. The van der Waals surface area contributed by atoms with Gasteiger partial charge in [-0.25, -0.2) is 18.2 Å². The Labute approximate surface area is 360 Å². The molecule has 3 amide bonds. The minimum Gasteiger partial charge on any atom is -0.370 e. The van der Waals surface area contributed by atoms with Crippen LogP contribution in [0.3, 0.4) is 0 Å². The van der Waals surface area contributed by atoms with Crippen molar-refractivity contribution in [3.8, 4) is 11.1 Å². The van der Waals surface area contributed by atoms with Crippen molar-refractivity contribution in [1.29, 1.82) is 0 Å². The fraction of sp³-hybridized carbons (Fsp3) is 0.356. The molecule has 0 aliphatic carbocycles. The Bertz CT molecular complexity index is 2830. The zero-order chi connectivity index (χ0) is 43.8. The number of alkyl halides is 1. The standard InChI is InChI=1S/C45H43F3N8O6S/c46-30-12-15-55(22-30)63(61,62)52-36-8-7-35(47)39(40(36)48)41(58)34-20-50-42-33(34)18-28(19-49-42)27-3-1-26(2-4-27)11-14-53-16-13-45(23-53)24-54(25-45)31-5-6-32-29(17-31)21-56(44(32)60)37-9-10-38(57)51-43(37)59/h1-8,17-20,30,37,52H,9-16,21-25H2,(H,49,50)(H,51,57,59)/t30-,37?/m1/s1. The molecule has 0 radical (unpaired) electrons. The molecule has 5 aromatic rings. The summed E-state index contributed by atoms with van der Waals surface area (Å²) in [5, 5.41) is 2.69. The Morgan fingerprint density at radius 1 is 0.952 bits per heavy atom. The number of fused-ring (bicyclic) bond motifs is 2. The van der Waals surface area contributed by atoms with Gasteiger partial charge in [-0.1, -0.05) is 24.3 Å². The van der Waals surface area contributed by atoms with Crippen molar-refractivity contribution >= 4 is 56.1 Å². The molecule has 2 atom stereocenters. The molecule has 4 saturated heterocycles. The maximum absolute atomic E-state index is 15.7. The number of aromatic amines is 1. The van der Waals surface area contributed by atoms with Gasteiger partial charge in [0.15, 0.2) is 5.82 Å². The van der Waals surface area contributed by atoms with E-state index in [1.165, 1.54) is 6.20 Å². The van der Waals surface area contributed by atoms with Gasteiger partial charge in [-0.2, -0.15) is 12.7 Å². The number of H-pyrrole nitrogens is 1. The first kappa shape index (κ1) is 40.9. The molecular formula is C45H43F3N8O6S. The zero-order valence-electron chi connectivity index (χ0n) is 34.0. The van der Waals surface area contributed by atoms with Crippen molar-refractivity contribution in [2.75, 3.05) is 55.4 Å². The molecule has 4 fully saturated rings. The van der Waals surface area contributed by atoms with Crippen molar-refractivity contribution in [1.82, 2.24) is 29.4 Å². The Hall–Kier alpha value is -6.11. The highest BCUT2D eigenvalue weighted by Crippen LogP contribution is 2.43. The molecule has 14 nitrogen and oxygen atoms in total. The van der Waals surface area contributed by atoms with Crippen LogP contribution < -0.4 is 14.9 Å². The highest BCUT2D eigenvalue weighted by atomic mass is 32.2. The van der Waals surface area contributed by atoms with Gasteiger partial charge in [0.2, 0.25) is 17.6 Å². The van der Waals surface area contributed by atoms with Gasteiger partial charge in [-0.3, -0.25) is 29.2 Å². The van der Waals surface area contributed by atoms with Gasteiger partial charge < -0.3 is 19.7 Å². The van der Waals surface area contributed by atoms with Gasteiger partial charge in [-0.05, 0) is 85.3 Å². The van der Waals surface area contributed by atoms with Gasteiger partial charge >= 0.3 is 10.2 Å². The predicted octanol–water partition coefficient (Wildman–Crippen LogP) is 4.96. The smallest absolute Gasteiger partial charge is 0.301 e. The van der Waals surface area contributed by atoms with Gasteiger partial charge in [0.05, 0.1) is 11.3 Å². The summed E-state index contributed by atoms with van der Waals surface area (Å²) in [6.45, 7) is 4.61. The monoisotopic (exact) mass is 880 g/mol. The summed E-state index contributed by atoms with van der Waals surface area (Å²) >= 11 is 0. The van der Waals surface area contributed by atoms with Gasteiger partial charge in [-0.15, -0.1) is 0 Å². The minimum atomic E-state index is -4.35. The number of carbonyl (C=O) groups is 4. The van der Waals surface area contributed by atoms with Gasteiger partial charge in [0.25, 0.3) is 5.91 Å². The number of piperidine rings is 1. The average molecular weight is 881 g/mol. The molecule has 1 spiro atoms. The lowest BCUT2D eigenvalue weighted by molar-refractivity contribution is -0.136. The maximum atomic E-state index is 15.7. The first-order chi connectivity index (χ1) is 30.2. The number of carbonyl (C=O) groups excluding carboxylic acids is 4. The van der Waals surface area contributed by atoms with Crippen LogP contribution in [0.2, 0.25) is 0 Å². The quantitative estimate of drug-likeness (QED) is 0.123. The van der Waals surface area contributed by atoms with Crippen LogP contribution in [0.25, 0.3) is 22.2 Å². The number of hydrogen-bond donors (Lipinski definition) is 3. The molecule has 0 bridgehead atoms. The Morgan fingerprint density at radius 3 is 2.52 bits per heavy atom. The molecule has 7 heterocycles. The van der Waals surface area contributed by atoms with Crippen molar-refractivity contribution in [2.24, 2.45) is 5.41 Å². The van der Waals surface area contributed by atoms with Crippen molar-refractivity contribution in [2.45, 2.75) is 50.9 Å². The van der Waals surface area contributed by atoms with Crippen molar-refractivity contribution in [3.05, 3.63) is 113 Å². The molecule has 3 N–H and O–H groups in total. The summed E-state index contributed by atoms with van der Waals surface area (Å²) in [5.41, 5.74) is 4.15. The lowest BCUT2D eigenvalue weighted by atomic mass is 9.78. The Balaban J connectivity index is 0.753. The van der Waals surface area contributed by atoms with E-state index in [0.29, 0.717) is 35.1 Å². The summed E-state index contributed by atoms with van der Waals surface area (Å²) in [6, 6.07) is 16.7. The Kier molecular flexibility index (Phi) is 10.1. The summed E-state index contributed by atoms with van der Waals surface area (Å²) in [4.78, 5) is 64.7. The highest BCUT2D eigenvalue weighted by molar-refractivity contribution is 7.90. The van der Waals surface area contributed by atoms with E-state index in [0.717, 1.165) is 84.4 Å². The van der Waals surface area contributed by atoms with E-state index in [1.54, 1.807) is 17.2 Å².